The maximum Gasteiger partial charge on any atom is 0.332 e. The largest absolute Gasteiger partial charge is 0.495 e. The van der Waals surface area contributed by atoms with Crippen molar-refractivity contribution >= 4 is 21.2 Å². The number of H-pyrrole nitrogens is 1. The minimum Gasteiger partial charge on any atom is -0.495 e. The van der Waals surface area contributed by atoms with E-state index in [0.717, 1.165) is 10.1 Å². The van der Waals surface area contributed by atoms with E-state index >= 15 is 0 Å². The molecule has 0 unspecified atom stereocenters. The van der Waals surface area contributed by atoms with Gasteiger partial charge in [0.05, 0.1) is 7.11 Å². The molecule has 0 amide bonds. The fourth-order valence-electron chi connectivity index (χ4n) is 3.03. The van der Waals surface area contributed by atoms with Crippen molar-refractivity contribution in [3.05, 3.63) is 50.4 Å². The van der Waals surface area contributed by atoms with Crippen molar-refractivity contribution in [2.24, 2.45) is 14.1 Å². The van der Waals surface area contributed by atoms with Crippen LogP contribution in [0, 0.1) is 6.92 Å². The number of nitrogens with zero attached hydrogens (tertiary/aromatic N) is 3. The molecule has 3 aromatic rings. The summed E-state index contributed by atoms with van der Waals surface area (Å²) in [5.74, 6) is 0.780. The van der Waals surface area contributed by atoms with E-state index in [-0.39, 0.29) is 28.4 Å². The van der Waals surface area contributed by atoms with Gasteiger partial charge in [0.2, 0.25) is 10.0 Å². The van der Waals surface area contributed by atoms with Gasteiger partial charge in [-0.1, -0.05) is 6.07 Å². The van der Waals surface area contributed by atoms with Gasteiger partial charge in [-0.2, -0.15) is 0 Å². The molecule has 2 aromatic heterocycles. The Morgan fingerprint density at radius 1 is 1.21 bits per heavy atom. The highest BCUT2D eigenvalue weighted by Gasteiger charge is 2.19. The van der Waals surface area contributed by atoms with Crippen LogP contribution in [0.2, 0.25) is 0 Å². The van der Waals surface area contributed by atoms with Crippen LogP contribution in [-0.4, -0.2) is 41.2 Å². The van der Waals surface area contributed by atoms with E-state index in [4.69, 9.17) is 4.74 Å². The van der Waals surface area contributed by atoms with Crippen LogP contribution >= 0.6 is 0 Å². The standard InChI is InChI=1S/C18H23N5O5S/c1-11-7-8-12(28-4)13(10-11)29(26,27)19-9-5-6-14-20-15-16(21-14)22(2)18(25)23(3)17(15)24/h7-8,10,19H,5-6,9H2,1-4H3,(H,20,21). The Bertz CT molecular complexity index is 1290. The van der Waals surface area contributed by atoms with E-state index in [1.807, 2.05) is 0 Å². The van der Waals surface area contributed by atoms with E-state index < -0.39 is 21.3 Å². The van der Waals surface area contributed by atoms with Gasteiger partial charge in [-0.05, 0) is 31.0 Å². The van der Waals surface area contributed by atoms with Gasteiger partial charge >= 0.3 is 5.69 Å². The van der Waals surface area contributed by atoms with E-state index in [9.17, 15) is 18.0 Å². The number of aromatic nitrogens is 4. The molecule has 0 bridgehead atoms. The van der Waals surface area contributed by atoms with Crippen LogP contribution < -0.4 is 20.7 Å². The molecule has 0 aliphatic carbocycles. The predicted molar refractivity (Wildman–Crippen MR) is 108 cm³/mol. The normalized spacial score (nSPS) is 11.9. The number of aryl methyl sites for hydroxylation is 3. The molecule has 0 fully saturated rings. The predicted octanol–water partition coefficient (Wildman–Crippen LogP) is 0.188. The summed E-state index contributed by atoms with van der Waals surface area (Å²) in [6.07, 6.45) is 0.848. The van der Waals surface area contributed by atoms with Gasteiger partial charge in [-0.15, -0.1) is 0 Å². The number of hydrogen-bond acceptors (Lipinski definition) is 6. The Hall–Kier alpha value is -2.92. The second-order valence-corrected chi connectivity index (χ2v) is 8.48. The van der Waals surface area contributed by atoms with Crippen molar-refractivity contribution in [3.8, 4) is 5.75 Å². The van der Waals surface area contributed by atoms with Crippen molar-refractivity contribution < 1.29 is 13.2 Å². The molecular weight excluding hydrogens is 398 g/mol. The number of nitrogens with one attached hydrogen (secondary N) is 2. The first-order valence-corrected chi connectivity index (χ1v) is 10.4. The van der Waals surface area contributed by atoms with Crippen LogP contribution in [0.5, 0.6) is 5.75 Å². The van der Waals surface area contributed by atoms with Crippen LogP contribution in [0.3, 0.4) is 0 Å². The third-order valence-electron chi connectivity index (χ3n) is 4.63. The maximum atomic E-state index is 12.6. The Balaban J connectivity index is 1.72. The van der Waals surface area contributed by atoms with Crippen LogP contribution in [0.4, 0.5) is 0 Å². The number of aromatic amines is 1. The lowest BCUT2D eigenvalue weighted by atomic mass is 10.2. The zero-order valence-corrected chi connectivity index (χ0v) is 17.5. The van der Waals surface area contributed by atoms with Crippen molar-refractivity contribution in [2.45, 2.75) is 24.7 Å². The first-order valence-electron chi connectivity index (χ1n) is 8.94. The molecule has 0 aliphatic rings. The second-order valence-electron chi connectivity index (χ2n) is 6.74. The van der Waals surface area contributed by atoms with Gasteiger partial charge in [0, 0.05) is 27.1 Å². The lowest BCUT2D eigenvalue weighted by Crippen LogP contribution is -2.36. The zero-order valence-electron chi connectivity index (χ0n) is 16.6. The number of ether oxygens (including phenoxy) is 1. The summed E-state index contributed by atoms with van der Waals surface area (Å²) in [5.41, 5.74) is 0.419. The Morgan fingerprint density at radius 2 is 1.93 bits per heavy atom. The lowest BCUT2D eigenvalue weighted by molar-refractivity contribution is 0.402. The van der Waals surface area contributed by atoms with Crippen molar-refractivity contribution in [2.75, 3.05) is 13.7 Å². The Morgan fingerprint density at radius 3 is 2.62 bits per heavy atom. The summed E-state index contributed by atoms with van der Waals surface area (Å²) < 4.78 is 35.2. The molecule has 156 valence electrons. The van der Waals surface area contributed by atoms with E-state index in [1.165, 1.54) is 25.8 Å². The first-order chi connectivity index (χ1) is 13.7. The minimum absolute atomic E-state index is 0.0854. The Kier molecular flexibility index (Phi) is 5.62. The van der Waals surface area contributed by atoms with Crippen molar-refractivity contribution in [3.63, 3.8) is 0 Å². The summed E-state index contributed by atoms with van der Waals surface area (Å²) in [7, 11) is 0.627. The van der Waals surface area contributed by atoms with E-state index in [1.54, 1.807) is 25.1 Å². The fraction of sp³-hybridized carbons (Fsp3) is 0.389. The van der Waals surface area contributed by atoms with Crippen molar-refractivity contribution in [1.29, 1.82) is 0 Å². The average molecular weight is 421 g/mol. The van der Waals surface area contributed by atoms with Crippen LogP contribution in [0.25, 0.3) is 11.2 Å². The van der Waals surface area contributed by atoms with E-state index in [2.05, 4.69) is 14.7 Å². The number of rotatable bonds is 7. The SMILES string of the molecule is COc1ccc(C)cc1S(=O)(=O)NCCCc1nc2c([nH]1)c(=O)n(C)c(=O)n2C. The summed E-state index contributed by atoms with van der Waals surface area (Å²) in [6.45, 7) is 1.98. The van der Waals surface area contributed by atoms with Gasteiger partial charge in [0.25, 0.3) is 5.56 Å². The van der Waals surface area contributed by atoms with Gasteiger partial charge in [-0.25, -0.2) is 22.9 Å². The highest BCUT2D eigenvalue weighted by Crippen LogP contribution is 2.24. The first kappa shape index (κ1) is 20.8. The van der Waals surface area contributed by atoms with Crippen LogP contribution in [-0.2, 0) is 30.5 Å². The number of hydrogen-bond donors (Lipinski definition) is 2. The lowest BCUT2D eigenvalue weighted by Gasteiger charge is -2.11. The molecule has 0 spiro atoms. The molecule has 3 rings (SSSR count). The van der Waals surface area contributed by atoms with Gasteiger partial charge in [-0.3, -0.25) is 13.9 Å². The molecule has 2 heterocycles. The fourth-order valence-corrected chi connectivity index (χ4v) is 4.35. The molecule has 0 aliphatic heterocycles. The van der Waals surface area contributed by atoms with Crippen molar-refractivity contribution in [1.82, 2.24) is 23.8 Å². The summed E-state index contributed by atoms with van der Waals surface area (Å²) >= 11 is 0. The molecule has 0 saturated carbocycles. The monoisotopic (exact) mass is 421 g/mol. The number of methoxy groups -OCH3 is 1. The molecule has 0 atom stereocenters. The average Bonchev–Trinajstić information content (AvgIpc) is 3.12. The van der Waals surface area contributed by atoms with Gasteiger partial charge < -0.3 is 9.72 Å². The molecule has 1 aromatic carbocycles. The number of sulfonamides is 1. The molecule has 0 radical (unpaired) electrons. The third-order valence-corrected chi connectivity index (χ3v) is 6.12. The summed E-state index contributed by atoms with van der Waals surface area (Å²) in [5, 5.41) is 0. The van der Waals surface area contributed by atoms with Crippen LogP contribution in [0.15, 0.2) is 32.7 Å². The zero-order chi connectivity index (χ0) is 21.3. The Labute approximate surface area is 167 Å². The number of imidazole rings is 1. The third kappa shape index (κ3) is 3.96. The molecule has 0 saturated heterocycles. The molecule has 2 N–H and O–H groups in total. The maximum absolute atomic E-state index is 12.6. The number of fused-ring (bicyclic) bond motifs is 1. The molecule has 10 nitrogen and oxygen atoms in total. The summed E-state index contributed by atoms with van der Waals surface area (Å²) in [4.78, 5) is 31.5. The van der Waals surface area contributed by atoms with E-state index in [0.29, 0.717) is 18.7 Å². The van der Waals surface area contributed by atoms with Gasteiger partial charge in [0.15, 0.2) is 5.65 Å². The number of benzene rings is 1. The molecule has 29 heavy (non-hydrogen) atoms. The molecule has 11 heteroatoms. The summed E-state index contributed by atoms with van der Waals surface area (Å²) in [6, 6.07) is 4.94. The van der Waals surface area contributed by atoms with Gasteiger partial charge in [0.1, 0.15) is 22.0 Å². The highest BCUT2D eigenvalue weighted by molar-refractivity contribution is 7.89. The quantitative estimate of drug-likeness (QED) is 0.524. The highest BCUT2D eigenvalue weighted by atomic mass is 32.2. The van der Waals surface area contributed by atoms with Crippen LogP contribution in [0.1, 0.15) is 17.8 Å². The smallest absolute Gasteiger partial charge is 0.332 e. The second kappa shape index (κ2) is 7.84. The molecular formula is C18H23N5O5S. The topological polar surface area (TPSA) is 128 Å². The minimum atomic E-state index is -3.73.